The Kier molecular flexibility index (Phi) is 6.66. The molecule has 2 aromatic carbocycles. The third-order valence-electron chi connectivity index (χ3n) is 6.29. The first-order valence-electron chi connectivity index (χ1n) is 11.6. The van der Waals surface area contributed by atoms with Crippen LogP contribution in [0.25, 0.3) is 0 Å². The molecule has 1 fully saturated rings. The van der Waals surface area contributed by atoms with Gasteiger partial charge in [0.05, 0.1) is 19.1 Å². The number of nitrogens with one attached hydrogen (secondary N) is 2. The van der Waals surface area contributed by atoms with Gasteiger partial charge in [-0.3, -0.25) is 14.9 Å². The minimum atomic E-state index is -1.06. The normalized spacial score (nSPS) is 22.0. The fraction of sp³-hybridized carbons (Fsp3) is 0.222. The molecule has 2 aliphatic heterocycles. The van der Waals surface area contributed by atoms with E-state index in [0.717, 1.165) is 5.56 Å². The second-order valence-corrected chi connectivity index (χ2v) is 8.56. The van der Waals surface area contributed by atoms with E-state index in [1.165, 1.54) is 0 Å². The number of pyridine rings is 1. The van der Waals surface area contributed by atoms with Crippen molar-refractivity contribution < 1.29 is 24.2 Å². The number of hydrogen-bond acceptors (Lipinski definition) is 8. The Morgan fingerprint density at radius 2 is 1.83 bits per heavy atom. The van der Waals surface area contributed by atoms with E-state index in [9.17, 15) is 14.7 Å². The van der Waals surface area contributed by atoms with E-state index in [1.807, 2.05) is 30.3 Å². The van der Waals surface area contributed by atoms with Crippen molar-refractivity contribution in [3.63, 3.8) is 0 Å². The van der Waals surface area contributed by atoms with Crippen LogP contribution in [0.3, 0.4) is 0 Å². The Labute approximate surface area is 208 Å². The standard InChI is InChI=1S/C27H26N4O5/c1-35-21-13-10-18(15-22(21)36-16-17-7-3-2-4-8-17)25(32)20-12-11-19-24(27(34)29-26(19)33)31(20)30-23-9-5-6-14-28-23/h2-15,19-20,24-25,32H,16H2,1H3,(H,28,30)(H,29,33,34). The maximum absolute atomic E-state index is 12.7. The quantitative estimate of drug-likeness (QED) is 0.329. The van der Waals surface area contributed by atoms with Crippen LogP contribution in [0.1, 0.15) is 17.2 Å². The zero-order valence-corrected chi connectivity index (χ0v) is 19.6. The van der Waals surface area contributed by atoms with E-state index in [4.69, 9.17) is 9.47 Å². The largest absolute Gasteiger partial charge is 0.493 e. The summed E-state index contributed by atoms with van der Waals surface area (Å²) in [6.45, 7) is 0.333. The van der Waals surface area contributed by atoms with E-state index < -0.39 is 30.0 Å². The van der Waals surface area contributed by atoms with Crippen molar-refractivity contribution in [2.24, 2.45) is 5.92 Å². The number of anilines is 1. The van der Waals surface area contributed by atoms with Gasteiger partial charge >= 0.3 is 0 Å². The Balaban J connectivity index is 1.44. The van der Waals surface area contributed by atoms with Crippen molar-refractivity contribution in [1.29, 1.82) is 0 Å². The predicted octanol–water partition coefficient (Wildman–Crippen LogP) is 2.61. The van der Waals surface area contributed by atoms with Crippen LogP contribution in [0.5, 0.6) is 11.5 Å². The molecule has 1 saturated heterocycles. The molecule has 3 N–H and O–H groups in total. The van der Waals surface area contributed by atoms with E-state index in [0.29, 0.717) is 29.5 Å². The van der Waals surface area contributed by atoms with Crippen LogP contribution < -0.4 is 20.2 Å². The number of methoxy groups -OCH3 is 1. The number of carbonyl (C=O) groups is 2. The van der Waals surface area contributed by atoms with Gasteiger partial charge in [0.25, 0.3) is 0 Å². The van der Waals surface area contributed by atoms with Crippen molar-refractivity contribution in [2.75, 3.05) is 12.5 Å². The monoisotopic (exact) mass is 486 g/mol. The number of benzene rings is 2. The fourth-order valence-corrected chi connectivity index (χ4v) is 4.47. The first-order chi connectivity index (χ1) is 17.5. The Morgan fingerprint density at radius 3 is 2.58 bits per heavy atom. The number of hydrazine groups is 1. The van der Waals surface area contributed by atoms with Crippen LogP contribution in [-0.2, 0) is 16.2 Å². The second-order valence-electron chi connectivity index (χ2n) is 8.56. The number of amides is 2. The third-order valence-corrected chi connectivity index (χ3v) is 6.29. The van der Waals surface area contributed by atoms with Crippen LogP contribution in [0.2, 0.25) is 0 Å². The minimum Gasteiger partial charge on any atom is -0.493 e. The summed E-state index contributed by atoms with van der Waals surface area (Å²) >= 11 is 0. The van der Waals surface area contributed by atoms with Gasteiger partial charge in [-0.1, -0.05) is 54.6 Å². The summed E-state index contributed by atoms with van der Waals surface area (Å²) in [5.74, 6) is 0.0221. The van der Waals surface area contributed by atoms with Crippen LogP contribution >= 0.6 is 0 Å². The molecule has 36 heavy (non-hydrogen) atoms. The first kappa shape index (κ1) is 23.5. The molecule has 2 aliphatic rings. The number of rotatable bonds is 8. The predicted molar refractivity (Wildman–Crippen MR) is 132 cm³/mol. The van der Waals surface area contributed by atoms with Crippen LogP contribution in [-0.4, -0.2) is 46.1 Å². The summed E-state index contributed by atoms with van der Waals surface area (Å²) in [5, 5.41) is 15.4. The summed E-state index contributed by atoms with van der Waals surface area (Å²) in [4.78, 5) is 29.3. The molecule has 5 rings (SSSR count). The van der Waals surface area contributed by atoms with Gasteiger partial charge in [-0.2, -0.15) is 5.01 Å². The summed E-state index contributed by atoms with van der Waals surface area (Å²) in [6.07, 6.45) is 3.96. The van der Waals surface area contributed by atoms with Gasteiger partial charge < -0.3 is 20.0 Å². The highest BCUT2D eigenvalue weighted by atomic mass is 16.5. The minimum absolute atomic E-state index is 0.333. The summed E-state index contributed by atoms with van der Waals surface area (Å²) in [5.41, 5.74) is 4.68. The molecule has 3 aromatic rings. The van der Waals surface area contributed by atoms with Crippen LogP contribution in [0, 0.1) is 5.92 Å². The number of aliphatic hydroxyl groups is 1. The number of aromatic nitrogens is 1. The Bertz CT molecular complexity index is 1270. The molecule has 0 radical (unpaired) electrons. The zero-order valence-electron chi connectivity index (χ0n) is 19.6. The number of nitrogens with zero attached hydrogens (tertiary/aromatic N) is 2. The number of fused-ring (bicyclic) bond motifs is 1. The van der Waals surface area contributed by atoms with Crippen molar-refractivity contribution in [1.82, 2.24) is 15.3 Å². The van der Waals surface area contributed by atoms with E-state index in [-0.39, 0.29) is 5.91 Å². The number of hydrogen-bond donors (Lipinski definition) is 3. The van der Waals surface area contributed by atoms with Gasteiger partial charge in [0, 0.05) is 6.20 Å². The molecular weight excluding hydrogens is 460 g/mol. The van der Waals surface area contributed by atoms with Crippen molar-refractivity contribution in [3.05, 3.63) is 96.2 Å². The molecule has 2 amide bonds. The first-order valence-corrected chi connectivity index (χ1v) is 11.6. The van der Waals surface area contributed by atoms with Gasteiger partial charge in [0.15, 0.2) is 11.5 Å². The number of aliphatic hydroxyl groups excluding tert-OH is 1. The lowest BCUT2D eigenvalue weighted by atomic mass is 9.90. The second kappa shape index (κ2) is 10.2. The molecule has 9 nitrogen and oxygen atoms in total. The topological polar surface area (TPSA) is 113 Å². The van der Waals surface area contributed by atoms with Crippen LogP contribution in [0.4, 0.5) is 5.82 Å². The van der Waals surface area contributed by atoms with Crippen molar-refractivity contribution in [2.45, 2.75) is 24.8 Å². The van der Waals surface area contributed by atoms with Gasteiger partial charge in [-0.25, -0.2) is 4.98 Å². The van der Waals surface area contributed by atoms with Crippen LogP contribution in [0.15, 0.2) is 85.1 Å². The number of imide groups is 1. The van der Waals surface area contributed by atoms with E-state index >= 15 is 0 Å². The SMILES string of the molecule is COc1ccc(C(O)C2C=CC3C(=O)NC(=O)C3N2Nc2ccccn2)cc1OCc1ccccc1. The molecule has 4 unspecified atom stereocenters. The van der Waals surface area contributed by atoms with Gasteiger partial charge in [-0.05, 0) is 35.4 Å². The van der Waals surface area contributed by atoms with E-state index in [2.05, 4.69) is 15.7 Å². The Morgan fingerprint density at radius 1 is 1.03 bits per heavy atom. The van der Waals surface area contributed by atoms with Crippen molar-refractivity contribution >= 4 is 17.6 Å². The lowest BCUT2D eigenvalue weighted by molar-refractivity contribution is -0.126. The molecule has 4 atom stereocenters. The molecule has 0 spiro atoms. The summed E-state index contributed by atoms with van der Waals surface area (Å²) in [7, 11) is 1.55. The molecule has 0 bridgehead atoms. The number of carbonyl (C=O) groups excluding carboxylic acids is 2. The third kappa shape index (κ3) is 4.66. The van der Waals surface area contributed by atoms with Gasteiger partial charge in [-0.15, -0.1) is 0 Å². The lowest BCUT2D eigenvalue weighted by Gasteiger charge is -2.40. The van der Waals surface area contributed by atoms with Gasteiger partial charge in [0.2, 0.25) is 11.8 Å². The smallest absolute Gasteiger partial charge is 0.246 e. The maximum atomic E-state index is 12.7. The summed E-state index contributed by atoms with van der Waals surface area (Å²) in [6, 6.07) is 18.7. The maximum Gasteiger partial charge on any atom is 0.246 e. The molecule has 3 heterocycles. The van der Waals surface area contributed by atoms with Crippen molar-refractivity contribution in [3.8, 4) is 11.5 Å². The average Bonchev–Trinajstić information content (AvgIpc) is 3.21. The number of ether oxygens (including phenoxy) is 2. The molecule has 0 aliphatic carbocycles. The zero-order chi connectivity index (χ0) is 25.1. The molecule has 9 heteroatoms. The summed E-state index contributed by atoms with van der Waals surface area (Å²) < 4.78 is 11.5. The molecule has 1 aromatic heterocycles. The molecule has 184 valence electrons. The van der Waals surface area contributed by atoms with E-state index in [1.54, 1.807) is 66.9 Å². The highest BCUT2D eigenvalue weighted by Gasteiger charge is 2.49. The highest BCUT2D eigenvalue weighted by molar-refractivity contribution is 6.08. The molecular formula is C27H26N4O5. The fourth-order valence-electron chi connectivity index (χ4n) is 4.47. The van der Waals surface area contributed by atoms with Gasteiger partial charge in [0.1, 0.15) is 24.6 Å². The highest BCUT2D eigenvalue weighted by Crippen LogP contribution is 2.36. The Hall–Kier alpha value is -4.21. The average molecular weight is 487 g/mol. The lowest BCUT2D eigenvalue weighted by Crippen LogP contribution is -2.55. The molecule has 0 saturated carbocycles.